The topological polar surface area (TPSA) is 99.8 Å². The Morgan fingerprint density at radius 2 is 1.77 bits per heavy atom. The van der Waals surface area contributed by atoms with Crippen LogP contribution in [0.15, 0.2) is 39.8 Å². The minimum atomic E-state index is -0.258. The molecule has 3 rings (SSSR count). The third-order valence-electron chi connectivity index (χ3n) is 5.14. The molecule has 162 valence electrons. The number of carbonyl (C=O) groups is 2. The van der Waals surface area contributed by atoms with Gasteiger partial charge in [0.25, 0.3) is 11.8 Å². The number of nitrogens with zero attached hydrogens (tertiary/aromatic N) is 3. The van der Waals surface area contributed by atoms with Gasteiger partial charge in [0.2, 0.25) is 0 Å². The van der Waals surface area contributed by atoms with E-state index in [0.717, 1.165) is 24.3 Å². The van der Waals surface area contributed by atoms with E-state index in [9.17, 15) is 9.59 Å². The van der Waals surface area contributed by atoms with Crippen LogP contribution in [0.25, 0.3) is 0 Å². The molecule has 1 aliphatic heterocycles. The van der Waals surface area contributed by atoms with Gasteiger partial charge in [-0.05, 0) is 25.0 Å². The van der Waals surface area contributed by atoms with Gasteiger partial charge in [0.1, 0.15) is 0 Å². The first kappa shape index (κ1) is 23.8. The van der Waals surface area contributed by atoms with Crippen molar-refractivity contribution in [3.8, 4) is 0 Å². The molecule has 0 saturated carbocycles. The molecule has 8 nitrogen and oxygen atoms in total. The highest BCUT2D eigenvalue weighted by Gasteiger charge is 2.34. The summed E-state index contributed by atoms with van der Waals surface area (Å²) in [6, 6.07) is 8.84. The zero-order valence-corrected chi connectivity index (χ0v) is 19.8. The molecule has 9 heteroatoms. The van der Waals surface area contributed by atoms with Crippen molar-refractivity contribution < 1.29 is 14.1 Å². The molecule has 0 fully saturated rings. The van der Waals surface area contributed by atoms with E-state index in [1.807, 2.05) is 6.07 Å². The highest BCUT2D eigenvalue weighted by atomic mass is 127. The lowest BCUT2D eigenvalue weighted by Gasteiger charge is -2.16. The van der Waals surface area contributed by atoms with Crippen molar-refractivity contribution in [1.82, 2.24) is 20.7 Å². The number of aliphatic imine (C=N–C) groups is 1. The molecule has 2 aromatic rings. The van der Waals surface area contributed by atoms with E-state index in [4.69, 9.17) is 4.52 Å². The molecule has 0 atom stereocenters. The predicted octanol–water partition coefficient (Wildman–Crippen LogP) is 3.16. The predicted molar refractivity (Wildman–Crippen MR) is 125 cm³/mol. The number of imide groups is 1. The molecular formula is C21H28IN5O3. The number of benzene rings is 1. The van der Waals surface area contributed by atoms with Crippen molar-refractivity contribution in [2.75, 3.05) is 20.1 Å². The first-order chi connectivity index (χ1) is 14.1. The number of amides is 2. The molecule has 2 heterocycles. The molecule has 1 aromatic heterocycles. The van der Waals surface area contributed by atoms with Crippen LogP contribution in [0.4, 0.5) is 0 Å². The summed E-state index contributed by atoms with van der Waals surface area (Å²) >= 11 is 0. The number of fused-ring (bicyclic) bond motifs is 1. The van der Waals surface area contributed by atoms with Crippen LogP contribution in [0.2, 0.25) is 0 Å². The fraction of sp³-hybridized carbons (Fsp3) is 0.429. The van der Waals surface area contributed by atoms with E-state index in [2.05, 4.69) is 34.6 Å². The molecular weight excluding hydrogens is 497 g/mol. The van der Waals surface area contributed by atoms with Crippen LogP contribution in [0, 0.1) is 0 Å². The third kappa shape index (κ3) is 5.18. The second-order valence-corrected chi connectivity index (χ2v) is 6.89. The normalized spacial score (nSPS) is 13.5. The highest BCUT2D eigenvalue weighted by Crippen LogP contribution is 2.23. The van der Waals surface area contributed by atoms with Crippen LogP contribution in [-0.2, 0) is 6.54 Å². The van der Waals surface area contributed by atoms with Gasteiger partial charge in [-0.2, -0.15) is 0 Å². The van der Waals surface area contributed by atoms with Gasteiger partial charge in [-0.3, -0.25) is 19.5 Å². The zero-order valence-electron chi connectivity index (χ0n) is 17.5. The largest absolute Gasteiger partial charge is 0.359 e. The van der Waals surface area contributed by atoms with Crippen molar-refractivity contribution in [3.05, 3.63) is 52.9 Å². The number of hydrogen-bond acceptors (Lipinski definition) is 5. The maximum absolute atomic E-state index is 12.4. The lowest BCUT2D eigenvalue weighted by atomic mass is 9.99. The summed E-state index contributed by atoms with van der Waals surface area (Å²) in [6.45, 7) is 5.37. The number of aromatic nitrogens is 1. The van der Waals surface area contributed by atoms with Gasteiger partial charge in [0, 0.05) is 32.1 Å². The van der Waals surface area contributed by atoms with Gasteiger partial charge < -0.3 is 15.2 Å². The van der Waals surface area contributed by atoms with Crippen molar-refractivity contribution in [1.29, 1.82) is 0 Å². The smallest absolute Gasteiger partial charge is 0.261 e. The maximum Gasteiger partial charge on any atom is 0.261 e. The summed E-state index contributed by atoms with van der Waals surface area (Å²) in [5.74, 6) is 1.18. The summed E-state index contributed by atoms with van der Waals surface area (Å²) in [6.07, 6.45) is 2.05. The first-order valence-corrected chi connectivity index (χ1v) is 9.94. The van der Waals surface area contributed by atoms with Gasteiger partial charge in [0.05, 0.1) is 23.4 Å². The van der Waals surface area contributed by atoms with Crippen molar-refractivity contribution >= 4 is 41.8 Å². The molecule has 0 bridgehead atoms. The summed E-state index contributed by atoms with van der Waals surface area (Å²) in [4.78, 5) is 30.2. The average Bonchev–Trinajstić information content (AvgIpc) is 3.30. The van der Waals surface area contributed by atoms with Crippen LogP contribution in [0.1, 0.15) is 64.8 Å². The fourth-order valence-corrected chi connectivity index (χ4v) is 3.43. The molecule has 1 aliphatic rings. The molecule has 0 saturated heterocycles. The van der Waals surface area contributed by atoms with E-state index in [1.165, 1.54) is 4.90 Å². The first-order valence-electron chi connectivity index (χ1n) is 9.94. The zero-order chi connectivity index (χ0) is 20.8. The monoisotopic (exact) mass is 525 g/mol. The van der Waals surface area contributed by atoms with Crippen LogP contribution in [0.5, 0.6) is 0 Å². The molecule has 1 aromatic carbocycles. The molecule has 2 amide bonds. The number of rotatable bonds is 8. The fourth-order valence-electron chi connectivity index (χ4n) is 3.43. The molecule has 2 N–H and O–H groups in total. The summed E-state index contributed by atoms with van der Waals surface area (Å²) in [7, 11) is 1.66. The van der Waals surface area contributed by atoms with Gasteiger partial charge in [-0.25, -0.2) is 0 Å². The third-order valence-corrected chi connectivity index (χ3v) is 5.14. The Kier molecular flexibility index (Phi) is 8.82. The van der Waals surface area contributed by atoms with Crippen molar-refractivity contribution in [3.63, 3.8) is 0 Å². The SMILES string of the molecule is CCC(CC)c1cc(CNC(=NC)NCCN2C(=O)c3ccccc3C2=O)on1.I. The van der Waals surface area contributed by atoms with Crippen LogP contribution < -0.4 is 10.6 Å². The average molecular weight is 525 g/mol. The van der Waals surface area contributed by atoms with E-state index in [0.29, 0.717) is 36.1 Å². The minimum Gasteiger partial charge on any atom is -0.359 e. The Labute approximate surface area is 193 Å². The molecule has 30 heavy (non-hydrogen) atoms. The van der Waals surface area contributed by atoms with Gasteiger partial charge in [-0.15, -0.1) is 24.0 Å². The van der Waals surface area contributed by atoms with Crippen LogP contribution in [-0.4, -0.2) is 48.0 Å². The lowest BCUT2D eigenvalue weighted by Crippen LogP contribution is -2.42. The summed E-state index contributed by atoms with van der Waals surface area (Å²) in [5.41, 5.74) is 1.89. The van der Waals surface area contributed by atoms with E-state index in [1.54, 1.807) is 31.3 Å². The maximum atomic E-state index is 12.4. The Morgan fingerprint density at radius 3 is 2.33 bits per heavy atom. The minimum absolute atomic E-state index is 0. The Balaban J connectivity index is 0.00000320. The van der Waals surface area contributed by atoms with E-state index < -0.39 is 0 Å². The van der Waals surface area contributed by atoms with Gasteiger partial charge in [-0.1, -0.05) is 31.1 Å². The van der Waals surface area contributed by atoms with Crippen LogP contribution >= 0.6 is 24.0 Å². The summed E-state index contributed by atoms with van der Waals surface area (Å²) in [5, 5.41) is 10.4. The second kappa shape index (κ2) is 11.1. The Morgan fingerprint density at radius 1 is 1.13 bits per heavy atom. The Hall–Kier alpha value is -2.43. The highest BCUT2D eigenvalue weighted by molar-refractivity contribution is 14.0. The standard InChI is InChI=1S/C21H27N5O3.HI/c1-4-14(5-2)18-12-15(29-25-18)13-24-21(22-3)23-10-11-26-19(27)16-8-6-7-9-17(16)20(26)28;/h6-9,12,14H,4-5,10-11,13H2,1-3H3,(H2,22,23,24);1H. The lowest BCUT2D eigenvalue weighted by molar-refractivity contribution is 0.0657. The number of nitrogens with one attached hydrogen (secondary N) is 2. The number of carbonyl (C=O) groups excluding carboxylic acids is 2. The van der Waals surface area contributed by atoms with Gasteiger partial charge in [0.15, 0.2) is 11.7 Å². The quantitative estimate of drug-likeness (QED) is 0.238. The van der Waals surface area contributed by atoms with Gasteiger partial charge >= 0.3 is 0 Å². The number of hydrogen-bond donors (Lipinski definition) is 2. The molecule has 0 aliphatic carbocycles. The summed E-state index contributed by atoms with van der Waals surface area (Å²) < 4.78 is 5.40. The van der Waals surface area contributed by atoms with Crippen molar-refractivity contribution in [2.45, 2.75) is 39.2 Å². The van der Waals surface area contributed by atoms with Crippen molar-refractivity contribution in [2.24, 2.45) is 4.99 Å². The Bertz CT molecular complexity index is 873. The second-order valence-electron chi connectivity index (χ2n) is 6.89. The number of guanidine groups is 1. The molecule has 0 spiro atoms. The molecule has 0 unspecified atom stereocenters. The van der Waals surface area contributed by atoms with E-state index >= 15 is 0 Å². The number of halogens is 1. The van der Waals surface area contributed by atoms with Crippen LogP contribution in [0.3, 0.4) is 0 Å². The van der Waals surface area contributed by atoms with E-state index in [-0.39, 0.29) is 42.3 Å². The molecule has 0 radical (unpaired) electrons.